The Bertz CT molecular complexity index is 1180. The van der Waals surface area contributed by atoms with Crippen molar-refractivity contribution in [3.8, 4) is 11.5 Å². The van der Waals surface area contributed by atoms with Gasteiger partial charge in [-0.1, -0.05) is 42.0 Å². The first kappa shape index (κ1) is 21.2. The van der Waals surface area contributed by atoms with E-state index in [1.807, 2.05) is 26.0 Å². The molecule has 0 aromatic heterocycles. The number of hydrogen-bond donors (Lipinski definition) is 2. The van der Waals surface area contributed by atoms with Crippen molar-refractivity contribution < 1.29 is 24.5 Å². The summed E-state index contributed by atoms with van der Waals surface area (Å²) in [5.74, 6) is -1.04. The minimum absolute atomic E-state index is 0.00146. The Hall–Kier alpha value is -4.06. The Labute approximate surface area is 186 Å². The van der Waals surface area contributed by atoms with Crippen LogP contribution in [0.25, 0.3) is 5.76 Å². The molecule has 0 aliphatic carbocycles. The van der Waals surface area contributed by atoms with Crippen molar-refractivity contribution in [2.24, 2.45) is 0 Å². The molecule has 1 fully saturated rings. The summed E-state index contributed by atoms with van der Waals surface area (Å²) in [5.41, 5.74) is 2.54. The van der Waals surface area contributed by atoms with Crippen LogP contribution >= 0.6 is 0 Å². The Morgan fingerprint density at radius 2 is 1.56 bits per heavy atom. The quantitative estimate of drug-likeness (QED) is 0.348. The van der Waals surface area contributed by atoms with Gasteiger partial charge in [0.05, 0.1) is 18.2 Å². The number of carbonyl (C=O) groups excluding carboxylic acids is 2. The number of aliphatic hydroxyl groups excluding tert-OH is 1. The highest BCUT2D eigenvalue weighted by Crippen LogP contribution is 2.42. The third-order valence-corrected chi connectivity index (χ3v) is 5.40. The van der Waals surface area contributed by atoms with Crippen LogP contribution in [-0.4, -0.2) is 28.5 Å². The number of phenols is 1. The van der Waals surface area contributed by atoms with E-state index in [9.17, 15) is 19.8 Å². The van der Waals surface area contributed by atoms with Gasteiger partial charge in [-0.15, -0.1) is 0 Å². The third kappa shape index (κ3) is 3.83. The number of aryl methyl sites for hydroxylation is 1. The third-order valence-electron chi connectivity index (χ3n) is 5.40. The molecule has 1 atom stereocenters. The number of Topliss-reactive ketones (excluding diaryl/α,β-unsaturated/α-hetero) is 1. The Morgan fingerprint density at radius 1 is 0.938 bits per heavy atom. The fourth-order valence-corrected chi connectivity index (χ4v) is 3.81. The second kappa shape index (κ2) is 8.59. The maximum absolute atomic E-state index is 13.1. The topological polar surface area (TPSA) is 87.1 Å². The Kier molecular flexibility index (Phi) is 5.69. The van der Waals surface area contributed by atoms with Crippen LogP contribution in [0, 0.1) is 6.92 Å². The number of aliphatic hydroxyl groups is 1. The van der Waals surface area contributed by atoms with E-state index >= 15 is 0 Å². The lowest BCUT2D eigenvalue weighted by molar-refractivity contribution is -0.132. The van der Waals surface area contributed by atoms with Gasteiger partial charge in [-0.2, -0.15) is 0 Å². The van der Waals surface area contributed by atoms with E-state index in [1.165, 1.54) is 17.0 Å². The molecule has 0 bridgehead atoms. The van der Waals surface area contributed by atoms with Crippen LogP contribution in [0.4, 0.5) is 5.69 Å². The number of benzene rings is 3. The summed E-state index contributed by atoms with van der Waals surface area (Å²) in [6.45, 7) is 4.31. The average Bonchev–Trinajstić information content (AvgIpc) is 3.06. The molecule has 1 aliphatic rings. The predicted molar refractivity (Wildman–Crippen MR) is 122 cm³/mol. The number of ketones is 1. The lowest BCUT2D eigenvalue weighted by atomic mass is 9.95. The number of anilines is 1. The standard InChI is InChI=1S/C26H23NO5/c1-3-32-21-14-10-19(11-15-21)27-23(17-8-12-20(28)13-9-17)22(25(30)26(27)31)24(29)18-6-4-16(2)5-7-18/h4-15,23,28-29H,3H2,1-2H3/b24-22+. The van der Waals surface area contributed by atoms with E-state index in [4.69, 9.17) is 4.74 Å². The molecule has 1 heterocycles. The number of phenolic OH excluding ortho intramolecular Hbond substituents is 1. The van der Waals surface area contributed by atoms with Crippen molar-refractivity contribution in [3.05, 3.63) is 95.1 Å². The maximum Gasteiger partial charge on any atom is 0.300 e. The largest absolute Gasteiger partial charge is 0.508 e. The fourth-order valence-electron chi connectivity index (χ4n) is 3.81. The van der Waals surface area contributed by atoms with Gasteiger partial charge in [-0.05, 0) is 55.8 Å². The maximum atomic E-state index is 13.1. The number of aromatic hydroxyl groups is 1. The fraction of sp³-hybridized carbons (Fsp3) is 0.154. The van der Waals surface area contributed by atoms with E-state index in [0.29, 0.717) is 29.2 Å². The second-order valence-corrected chi connectivity index (χ2v) is 7.55. The molecule has 162 valence electrons. The van der Waals surface area contributed by atoms with Crippen LogP contribution in [-0.2, 0) is 9.59 Å². The van der Waals surface area contributed by atoms with Crippen molar-refractivity contribution in [1.29, 1.82) is 0 Å². The molecule has 6 heteroatoms. The van der Waals surface area contributed by atoms with E-state index in [0.717, 1.165) is 5.56 Å². The molecule has 2 N–H and O–H groups in total. The van der Waals surface area contributed by atoms with Crippen molar-refractivity contribution in [2.45, 2.75) is 19.9 Å². The van der Waals surface area contributed by atoms with Gasteiger partial charge < -0.3 is 14.9 Å². The Morgan fingerprint density at radius 3 is 2.16 bits per heavy atom. The molecule has 1 amide bonds. The SMILES string of the molecule is CCOc1ccc(N2C(=O)C(=O)/C(=C(/O)c3ccc(C)cc3)C2c2ccc(O)cc2)cc1. The molecule has 3 aromatic carbocycles. The molecule has 32 heavy (non-hydrogen) atoms. The molecule has 6 nitrogen and oxygen atoms in total. The molecule has 4 rings (SSSR count). The van der Waals surface area contributed by atoms with Crippen LogP contribution in [0.1, 0.15) is 29.7 Å². The molecule has 0 saturated carbocycles. The Balaban J connectivity index is 1.88. The zero-order chi connectivity index (χ0) is 22.8. The zero-order valence-electron chi connectivity index (χ0n) is 17.8. The number of carbonyl (C=O) groups is 2. The molecule has 1 aliphatic heterocycles. The molecule has 0 radical (unpaired) electrons. The minimum Gasteiger partial charge on any atom is -0.508 e. The highest BCUT2D eigenvalue weighted by molar-refractivity contribution is 6.51. The lowest BCUT2D eigenvalue weighted by Crippen LogP contribution is -2.29. The van der Waals surface area contributed by atoms with Gasteiger partial charge in [0.15, 0.2) is 0 Å². The number of rotatable bonds is 5. The second-order valence-electron chi connectivity index (χ2n) is 7.55. The van der Waals surface area contributed by atoms with E-state index < -0.39 is 17.7 Å². The van der Waals surface area contributed by atoms with Gasteiger partial charge in [0.2, 0.25) is 0 Å². The number of ether oxygens (including phenoxy) is 1. The first-order valence-electron chi connectivity index (χ1n) is 10.3. The lowest BCUT2D eigenvalue weighted by Gasteiger charge is -2.25. The first-order chi connectivity index (χ1) is 15.4. The van der Waals surface area contributed by atoms with Crippen LogP contribution in [0.3, 0.4) is 0 Å². The molecule has 1 unspecified atom stereocenters. The molecule has 0 spiro atoms. The van der Waals surface area contributed by atoms with E-state index in [1.54, 1.807) is 48.5 Å². The molecular formula is C26H23NO5. The summed E-state index contributed by atoms with van der Waals surface area (Å²) < 4.78 is 5.48. The van der Waals surface area contributed by atoms with E-state index in [-0.39, 0.29) is 17.1 Å². The summed E-state index contributed by atoms with van der Waals surface area (Å²) in [5, 5.41) is 20.8. The van der Waals surface area contributed by atoms with Crippen molar-refractivity contribution in [3.63, 3.8) is 0 Å². The van der Waals surface area contributed by atoms with Gasteiger partial charge in [0.25, 0.3) is 11.7 Å². The molecular weight excluding hydrogens is 406 g/mol. The van der Waals surface area contributed by atoms with Gasteiger partial charge in [0, 0.05) is 11.3 Å². The van der Waals surface area contributed by atoms with Gasteiger partial charge >= 0.3 is 0 Å². The van der Waals surface area contributed by atoms with Crippen molar-refractivity contribution in [2.75, 3.05) is 11.5 Å². The summed E-state index contributed by atoms with van der Waals surface area (Å²) in [4.78, 5) is 27.6. The summed E-state index contributed by atoms with van der Waals surface area (Å²) in [6.07, 6.45) is 0. The minimum atomic E-state index is -0.852. The summed E-state index contributed by atoms with van der Waals surface area (Å²) in [6, 6.07) is 19.3. The highest BCUT2D eigenvalue weighted by atomic mass is 16.5. The molecule has 1 saturated heterocycles. The van der Waals surface area contributed by atoms with Gasteiger partial charge in [-0.25, -0.2) is 0 Å². The highest BCUT2D eigenvalue weighted by Gasteiger charge is 2.46. The van der Waals surface area contributed by atoms with Crippen LogP contribution in [0.5, 0.6) is 11.5 Å². The first-order valence-corrected chi connectivity index (χ1v) is 10.3. The van der Waals surface area contributed by atoms with Crippen LogP contribution in [0.15, 0.2) is 78.4 Å². The summed E-state index contributed by atoms with van der Waals surface area (Å²) >= 11 is 0. The van der Waals surface area contributed by atoms with Crippen LogP contribution in [0.2, 0.25) is 0 Å². The van der Waals surface area contributed by atoms with Crippen molar-refractivity contribution >= 4 is 23.1 Å². The van der Waals surface area contributed by atoms with Gasteiger partial charge in [-0.3, -0.25) is 14.5 Å². The smallest absolute Gasteiger partial charge is 0.300 e. The number of hydrogen-bond acceptors (Lipinski definition) is 5. The zero-order valence-corrected chi connectivity index (χ0v) is 17.8. The van der Waals surface area contributed by atoms with Gasteiger partial charge in [0.1, 0.15) is 17.3 Å². The average molecular weight is 429 g/mol. The van der Waals surface area contributed by atoms with Crippen molar-refractivity contribution in [1.82, 2.24) is 0 Å². The number of amides is 1. The number of nitrogens with zero attached hydrogens (tertiary/aromatic N) is 1. The monoisotopic (exact) mass is 429 g/mol. The van der Waals surface area contributed by atoms with Crippen LogP contribution < -0.4 is 9.64 Å². The predicted octanol–water partition coefficient (Wildman–Crippen LogP) is 4.73. The molecule has 3 aromatic rings. The summed E-state index contributed by atoms with van der Waals surface area (Å²) in [7, 11) is 0. The normalized spacial score (nSPS) is 17.6. The van der Waals surface area contributed by atoms with E-state index in [2.05, 4.69) is 0 Å².